The summed E-state index contributed by atoms with van der Waals surface area (Å²) >= 11 is 0. The number of nitrogens with one attached hydrogen (secondary N) is 1. The molecule has 0 aliphatic rings. The number of carbonyl (C=O) groups is 2. The van der Waals surface area contributed by atoms with Crippen LogP contribution in [-0.4, -0.2) is 19.0 Å². The summed E-state index contributed by atoms with van der Waals surface area (Å²) in [7, 11) is 1.31. The van der Waals surface area contributed by atoms with Gasteiger partial charge in [-0.25, -0.2) is 0 Å². The molecule has 92 valence electrons. The van der Waals surface area contributed by atoms with E-state index in [0.717, 1.165) is 5.56 Å². The van der Waals surface area contributed by atoms with Crippen LogP contribution in [0.1, 0.15) is 31.4 Å². The lowest BCUT2D eigenvalue weighted by Gasteiger charge is -2.13. The van der Waals surface area contributed by atoms with Crippen LogP contribution in [0.4, 0.5) is 0 Å². The van der Waals surface area contributed by atoms with Crippen molar-refractivity contribution in [2.45, 2.75) is 25.8 Å². The highest BCUT2D eigenvalue weighted by atomic mass is 16.5. The van der Waals surface area contributed by atoms with E-state index in [1.54, 1.807) is 0 Å². The van der Waals surface area contributed by atoms with Gasteiger partial charge in [-0.15, -0.1) is 0 Å². The molecule has 1 rings (SSSR count). The molecule has 0 aliphatic heterocycles. The SMILES string of the molecule is COC(=O)CCC(=O)N[C@@H](C)c1ccccc1. The highest BCUT2D eigenvalue weighted by Gasteiger charge is 2.10. The van der Waals surface area contributed by atoms with Crippen molar-refractivity contribution in [3.8, 4) is 0 Å². The van der Waals surface area contributed by atoms with E-state index < -0.39 is 0 Å². The number of benzene rings is 1. The van der Waals surface area contributed by atoms with Crippen LogP contribution in [0.25, 0.3) is 0 Å². The molecular weight excluding hydrogens is 218 g/mol. The zero-order chi connectivity index (χ0) is 12.7. The minimum Gasteiger partial charge on any atom is -0.469 e. The third-order valence-electron chi connectivity index (χ3n) is 2.46. The second-order valence-electron chi connectivity index (χ2n) is 3.78. The minimum absolute atomic E-state index is 0.0543. The van der Waals surface area contributed by atoms with Crippen LogP contribution in [0.15, 0.2) is 30.3 Å². The van der Waals surface area contributed by atoms with Crippen LogP contribution in [0, 0.1) is 0 Å². The van der Waals surface area contributed by atoms with Gasteiger partial charge in [0.25, 0.3) is 0 Å². The van der Waals surface area contributed by atoms with E-state index >= 15 is 0 Å². The van der Waals surface area contributed by atoms with Gasteiger partial charge < -0.3 is 10.1 Å². The molecule has 1 N–H and O–H groups in total. The Hall–Kier alpha value is -1.84. The van der Waals surface area contributed by atoms with E-state index in [9.17, 15) is 9.59 Å². The standard InChI is InChI=1S/C13H17NO3/c1-10(11-6-4-3-5-7-11)14-12(15)8-9-13(16)17-2/h3-7,10H,8-9H2,1-2H3,(H,14,15)/t10-/m0/s1. The lowest BCUT2D eigenvalue weighted by atomic mass is 10.1. The zero-order valence-electron chi connectivity index (χ0n) is 10.1. The van der Waals surface area contributed by atoms with Crippen molar-refractivity contribution in [2.75, 3.05) is 7.11 Å². The summed E-state index contributed by atoms with van der Waals surface area (Å²) in [4.78, 5) is 22.4. The van der Waals surface area contributed by atoms with Crippen LogP contribution < -0.4 is 5.32 Å². The first kappa shape index (κ1) is 13.2. The van der Waals surface area contributed by atoms with Gasteiger partial charge in [-0.1, -0.05) is 30.3 Å². The second kappa shape index (κ2) is 6.68. The van der Waals surface area contributed by atoms with E-state index in [0.29, 0.717) is 0 Å². The predicted octanol–water partition coefficient (Wildman–Crippen LogP) is 1.82. The Morgan fingerprint density at radius 3 is 2.47 bits per heavy atom. The van der Waals surface area contributed by atoms with Crippen molar-refractivity contribution in [1.29, 1.82) is 0 Å². The van der Waals surface area contributed by atoms with E-state index in [1.165, 1.54) is 7.11 Å². The molecule has 1 aromatic rings. The molecule has 0 aliphatic carbocycles. The summed E-state index contributed by atoms with van der Waals surface area (Å²) in [6.45, 7) is 1.91. The first-order valence-corrected chi connectivity index (χ1v) is 5.54. The number of ether oxygens (including phenoxy) is 1. The van der Waals surface area contributed by atoms with E-state index in [-0.39, 0.29) is 30.8 Å². The quantitative estimate of drug-likeness (QED) is 0.792. The smallest absolute Gasteiger partial charge is 0.306 e. The molecule has 0 saturated carbocycles. The van der Waals surface area contributed by atoms with Gasteiger partial charge in [-0.3, -0.25) is 9.59 Å². The molecule has 17 heavy (non-hydrogen) atoms. The normalized spacial score (nSPS) is 11.6. The number of esters is 1. The van der Waals surface area contributed by atoms with Crippen molar-refractivity contribution in [1.82, 2.24) is 5.32 Å². The van der Waals surface area contributed by atoms with Crippen LogP contribution in [0.2, 0.25) is 0 Å². The molecule has 4 heteroatoms. The van der Waals surface area contributed by atoms with Gasteiger partial charge in [0.15, 0.2) is 0 Å². The molecule has 0 fully saturated rings. The fraction of sp³-hybridized carbons (Fsp3) is 0.385. The van der Waals surface area contributed by atoms with Gasteiger partial charge in [0, 0.05) is 6.42 Å². The fourth-order valence-corrected chi connectivity index (χ4v) is 1.46. The number of hydrogen-bond acceptors (Lipinski definition) is 3. The molecule has 4 nitrogen and oxygen atoms in total. The lowest BCUT2D eigenvalue weighted by Crippen LogP contribution is -2.27. The van der Waals surface area contributed by atoms with Gasteiger partial charge in [-0.2, -0.15) is 0 Å². The average molecular weight is 235 g/mol. The number of hydrogen-bond donors (Lipinski definition) is 1. The Labute approximate surface area is 101 Å². The van der Waals surface area contributed by atoms with E-state index in [4.69, 9.17) is 0 Å². The summed E-state index contributed by atoms with van der Waals surface area (Å²) in [6, 6.07) is 9.62. The molecule has 0 bridgehead atoms. The highest BCUT2D eigenvalue weighted by Crippen LogP contribution is 2.11. The zero-order valence-corrected chi connectivity index (χ0v) is 10.1. The second-order valence-corrected chi connectivity index (χ2v) is 3.78. The van der Waals surface area contributed by atoms with Gasteiger partial charge in [0.2, 0.25) is 5.91 Å². The van der Waals surface area contributed by atoms with Crippen LogP contribution in [-0.2, 0) is 14.3 Å². The van der Waals surface area contributed by atoms with Gasteiger partial charge in [0.05, 0.1) is 19.6 Å². The first-order valence-electron chi connectivity index (χ1n) is 5.54. The number of carbonyl (C=O) groups excluding carboxylic acids is 2. The number of rotatable bonds is 5. The molecule has 0 radical (unpaired) electrons. The van der Waals surface area contributed by atoms with E-state index in [2.05, 4.69) is 10.1 Å². The van der Waals surface area contributed by atoms with Gasteiger partial charge in [-0.05, 0) is 12.5 Å². The lowest BCUT2D eigenvalue weighted by molar-refractivity contribution is -0.142. The largest absolute Gasteiger partial charge is 0.469 e. The summed E-state index contributed by atoms with van der Waals surface area (Å²) in [5.41, 5.74) is 1.04. The Morgan fingerprint density at radius 1 is 1.24 bits per heavy atom. The molecule has 0 aromatic heterocycles. The van der Waals surface area contributed by atoms with Crippen molar-refractivity contribution in [3.05, 3.63) is 35.9 Å². The molecule has 1 aromatic carbocycles. The molecular formula is C13H17NO3. The summed E-state index contributed by atoms with van der Waals surface area (Å²) in [5.74, 6) is -0.515. The van der Waals surface area contributed by atoms with Crippen molar-refractivity contribution in [3.63, 3.8) is 0 Å². The van der Waals surface area contributed by atoms with Crippen molar-refractivity contribution < 1.29 is 14.3 Å². The topological polar surface area (TPSA) is 55.4 Å². The van der Waals surface area contributed by atoms with Crippen molar-refractivity contribution in [2.24, 2.45) is 0 Å². The Bertz CT molecular complexity index is 376. The molecule has 0 spiro atoms. The predicted molar refractivity (Wildman–Crippen MR) is 64.2 cm³/mol. The number of amides is 1. The minimum atomic E-state index is -0.368. The average Bonchev–Trinajstić information content (AvgIpc) is 2.36. The summed E-state index contributed by atoms with van der Waals surface area (Å²) in [6.07, 6.45) is 0.272. The Balaban J connectivity index is 2.39. The van der Waals surface area contributed by atoms with Gasteiger partial charge >= 0.3 is 5.97 Å². The molecule has 1 atom stereocenters. The highest BCUT2D eigenvalue weighted by molar-refractivity contribution is 5.81. The molecule has 1 amide bonds. The third-order valence-corrected chi connectivity index (χ3v) is 2.46. The maximum atomic E-state index is 11.5. The van der Waals surface area contributed by atoms with Crippen LogP contribution in [0.5, 0.6) is 0 Å². The Kier molecular flexibility index (Phi) is 5.20. The third kappa shape index (κ3) is 4.68. The summed E-state index contributed by atoms with van der Waals surface area (Å²) < 4.78 is 4.47. The molecule has 0 heterocycles. The summed E-state index contributed by atoms with van der Waals surface area (Å²) in [5, 5.41) is 2.83. The van der Waals surface area contributed by atoms with Crippen molar-refractivity contribution >= 4 is 11.9 Å². The maximum Gasteiger partial charge on any atom is 0.306 e. The first-order chi connectivity index (χ1) is 8.13. The van der Waals surface area contributed by atoms with Crippen LogP contribution >= 0.6 is 0 Å². The Morgan fingerprint density at radius 2 is 1.88 bits per heavy atom. The fourth-order valence-electron chi connectivity index (χ4n) is 1.46. The van der Waals surface area contributed by atoms with Gasteiger partial charge in [0.1, 0.15) is 0 Å². The maximum absolute atomic E-state index is 11.5. The van der Waals surface area contributed by atoms with E-state index in [1.807, 2.05) is 37.3 Å². The van der Waals surface area contributed by atoms with Crippen LogP contribution in [0.3, 0.4) is 0 Å². The molecule has 0 saturated heterocycles. The monoisotopic (exact) mass is 235 g/mol. The molecule has 0 unspecified atom stereocenters. The number of methoxy groups -OCH3 is 1.